The molecule has 0 bridgehead atoms. The highest BCUT2D eigenvalue weighted by molar-refractivity contribution is 6.38. The van der Waals surface area contributed by atoms with E-state index in [0.29, 0.717) is 37.1 Å². The molecule has 1 aliphatic heterocycles. The number of carbonyl (C=O) groups excluding carboxylic acids is 2. The average Bonchev–Trinajstić information content (AvgIpc) is 3.55. The lowest BCUT2D eigenvalue weighted by Crippen LogP contribution is -2.47. The van der Waals surface area contributed by atoms with E-state index in [1.807, 2.05) is 0 Å². The number of aldehydes is 1. The molecule has 1 saturated heterocycles. The van der Waals surface area contributed by atoms with Crippen molar-refractivity contribution in [3.8, 4) is 0 Å². The fourth-order valence-corrected chi connectivity index (χ4v) is 3.45. The maximum absolute atomic E-state index is 12.0. The largest absolute Gasteiger partial charge is 0.381 e. The fourth-order valence-electron chi connectivity index (χ4n) is 3.45. The molecule has 5 N–H and O–H groups in total. The predicted molar refractivity (Wildman–Crippen MR) is 113 cm³/mol. The van der Waals surface area contributed by atoms with Gasteiger partial charge in [0.15, 0.2) is 0 Å². The lowest BCUT2D eigenvalue weighted by molar-refractivity contribution is -0.119. The van der Waals surface area contributed by atoms with Crippen LogP contribution < -0.4 is 21.5 Å². The maximum atomic E-state index is 12.0. The van der Waals surface area contributed by atoms with Gasteiger partial charge in [-0.2, -0.15) is 0 Å². The number of hydrogen-bond donors (Lipinski definition) is 5. The van der Waals surface area contributed by atoms with Gasteiger partial charge in [-0.3, -0.25) is 21.1 Å². The highest BCUT2D eigenvalue weighted by Gasteiger charge is 2.32. The van der Waals surface area contributed by atoms with Crippen LogP contribution in [0.4, 0.5) is 0 Å². The zero-order chi connectivity index (χ0) is 21.1. The second-order valence-corrected chi connectivity index (χ2v) is 8.25. The van der Waals surface area contributed by atoms with Crippen molar-refractivity contribution in [3.63, 3.8) is 0 Å². The summed E-state index contributed by atoms with van der Waals surface area (Å²) >= 11 is 0. The Balaban J connectivity index is 1.61. The third kappa shape index (κ3) is 9.01. The van der Waals surface area contributed by atoms with Crippen molar-refractivity contribution in [1.29, 1.82) is 5.41 Å². The molecule has 164 valence electrons. The van der Waals surface area contributed by atoms with Crippen molar-refractivity contribution in [2.45, 2.75) is 58.0 Å². The summed E-state index contributed by atoms with van der Waals surface area (Å²) in [7, 11) is 0. The minimum atomic E-state index is -0.655. The van der Waals surface area contributed by atoms with E-state index in [-0.39, 0.29) is 0 Å². The Morgan fingerprint density at radius 2 is 1.97 bits per heavy atom. The highest BCUT2D eigenvalue weighted by atomic mass is 16.5. The number of ether oxygens (including phenoxy) is 1. The zero-order valence-electron chi connectivity index (χ0n) is 17.6. The molecule has 2 rings (SSSR count). The summed E-state index contributed by atoms with van der Waals surface area (Å²) in [6.07, 6.45) is 7.04. The number of carbonyl (C=O) groups is 2. The van der Waals surface area contributed by atoms with Gasteiger partial charge < -0.3 is 20.2 Å². The van der Waals surface area contributed by atoms with E-state index in [4.69, 9.17) is 10.1 Å². The molecule has 1 aliphatic carbocycles. The Labute approximate surface area is 173 Å². The van der Waals surface area contributed by atoms with Crippen LogP contribution in [0.3, 0.4) is 0 Å². The molecule has 0 spiro atoms. The van der Waals surface area contributed by atoms with E-state index < -0.39 is 17.8 Å². The Hall–Kier alpha value is -1.84. The first-order valence-electron chi connectivity index (χ1n) is 10.7. The predicted octanol–water partition coefficient (Wildman–Crippen LogP) is 0.611. The van der Waals surface area contributed by atoms with Gasteiger partial charge in [0.25, 0.3) is 5.91 Å². The van der Waals surface area contributed by atoms with Crippen LogP contribution >= 0.6 is 0 Å². The molecule has 1 saturated carbocycles. The summed E-state index contributed by atoms with van der Waals surface area (Å²) in [5, 5.41) is 13.3. The van der Waals surface area contributed by atoms with Gasteiger partial charge in [-0.25, -0.2) is 4.99 Å². The number of nitrogens with zero attached hydrogens (tertiary/aromatic N) is 1. The fraction of sp³-hybridized carbons (Fsp3) is 0.800. The van der Waals surface area contributed by atoms with Gasteiger partial charge in [-0.15, -0.1) is 0 Å². The summed E-state index contributed by atoms with van der Waals surface area (Å²) in [6.45, 7) is 7.22. The van der Waals surface area contributed by atoms with Gasteiger partial charge in [0.2, 0.25) is 5.84 Å². The number of nitrogens with one attached hydrogen (secondary N) is 5. The minimum absolute atomic E-state index is 0.420. The topological polar surface area (TPSA) is 128 Å². The van der Waals surface area contributed by atoms with Crippen LogP contribution in [0.1, 0.15) is 46.0 Å². The number of hydrazine groups is 1. The van der Waals surface area contributed by atoms with Crippen LogP contribution in [-0.2, 0) is 14.3 Å². The summed E-state index contributed by atoms with van der Waals surface area (Å²) < 4.78 is 5.31. The Kier molecular flexibility index (Phi) is 10.2. The van der Waals surface area contributed by atoms with Crippen LogP contribution in [0.5, 0.6) is 0 Å². The number of rotatable bonds is 12. The summed E-state index contributed by atoms with van der Waals surface area (Å²) in [4.78, 5) is 27.1. The third-order valence-corrected chi connectivity index (χ3v) is 5.43. The van der Waals surface area contributed by atoms with E-state index in [2.05, 4.69) is 40.3 Å². The molecule has 9 heteroatoms. The Morgan fingerprint density at radius 1 is 1.24 bits per heavy atom. The van der Waals surface area contributed by atoms with Crippen LogP contribution in [0.25, 0.3) is 0 Å². The smallest absolute Gasteiger partial charge is 0.289 e. The molecule has 2 fully saturated rings. The molecule has 29 heavy (non-hydrogen) atoms. The SMILES string of the molecule is CC(C)C(NNCCC(C=O)NC(=O)C(=N)/N=C\NCC1CCOCC1)C1CC1. The van der Waals surface area contributed by atoms with E-state index in [0.717, 1.165) is 38.5 Å². The second-order valence-electron chi connectivity index (χ2n) is 8.25. The summed E-state index contributed by atoms with van der Waals surface area (Å²) in [5.41, 5.74) is 6.50. The van der Waals surface area contributed by atoms with Crippen molar-refractivity contribution in [2.75, 3.05) is 26.3 Å². The van der Waals surface area contributed by atoms with Crippen molar-refractivity contribution < 1.29 is 14.3 Å². The molecule has 0 aromatic carbocycles. The molecule has 9 nitrogen and oxygen atoms in total. The maximum Gasteiger partial charge on any atom is 0.289 e. The molecular formula is C20H36N6O3. The summed E-state index contributed by atoms with van der Waals surface area (Å²) in [5.74, 6) is 0.708. The monoisotopic (exact) mass is 408 g/mol. The van der Waals surface area contributed by atoms with Crippen LogP contribution in [0.2, 0.25) is 0 Å². The molecule has 2 atom stereocenters. The zero-order valence-corrected chi connectivity index (χ0v) is 17.6. The van der Waals surface area contributed by atoms with Gasteiger partial charge in [-0.05, 0) is 49.9 Å². The molecule has 0 aromatic heterocycles. The average molecular weight is 409 g/mol. The number of aliphatic imine (C=N–C) groups is 1. The first-order valence-corrected chi connectivity index (χ1v) is 10.7. The van der Waals surface area contributed by atoms with Gasteiger partial charge in [0.1, 0.15) is 6.29 Å². The molecule has 0 radical (unpaired) electrons. The van der Waals surface area contributed by atoms with Crippen molar-refractivity contribution in [1.82, 2.24) is 21.5 Å². The molecule has 1 heterocycles. The quantitative estimate of drug-likeness (QED) is 0.106. The molecular weight excluding hydrogens is 372 g/mol. The Morgan fingerprint density at radius 3 is 2.59 bits per heavy atom. The first kappa shape index (κ1) is 23.4. The Bertz CT molecular complexity index is 556. The van der Waals surface area contributed by atoms with E-state index >= 15 is 0 Å². The van der Waals surface area contributed by atoms with Crippen LogP contribution in [0.15, 0.2) is 4.99 Å². The number of hydrogen-bond acceptors (Lipinski definition) is 6. The molecule has 2 unspecified atom stereocenters. The minimum Gasteiger partial charge on any atom is -0.381 e. The van der Waals surface area contributed by atoms with E-state index in [9.17, 15) is 9.59 Å². The molecule has 2 aliphatic rings. The summed E-state index contributed by atoms with van der Waals surface area (Å²) in [6, 6.07) is -0.226. The van der Waals surface area contributed by atoms with E-state index in [1.165, 1.54) is 19.2 Å². The van der Waals surface area contributed by atoms with Gasteiger partial charge in [0, 0.05) is 32.3 Å². The van der Waals surface area contributed by atoms with Crippen molar-refractivity contribution in [3.05, 3.63) is 0 Å². The van der Waals surface area contributed by atoms with Crippen LogP contribution in [-0.4, -0.2) is 62.8 Å². The third-order valence-electron chi connectivity index (χ3n) is 5.43. The van der Waals surface area contributed by atoms with Gasteiger partial charge in [-0.1, -0.05) is 13.8 Å². The van der Waals surface area contributed by atoms with Crippen molar-refractivity contribution in [2.24, 2.45) is 22.7 Å². The van der Waals surface area contributed by atoms with Crippen LogP contribution in [0, 0.1) is 23.2 Å². The standard InChI is InChI=1S/C20H36N6O3/c1-14(2)18(16-3-4-16)26-24-8-5-17(12-27)25-20(28)19(21)23-13-22-11-15-6-9-29-10-7-15/h12-18,24,26H,3-11H2,1-2H3,(H,25,28)(H2,21,22,23). The lowest BCUT2D eigenvalue weighted by Gasteiger charge is -2.23. The number of amides is 1. The lowest BCUT2D eigenvalue weighted by atomic mass is 10.0. The van der Waals surface area contributed by atoms with Gasteiger partial charge >= 0.3 is 0 Å². The molecule has 0 aromatic rings. The van der Waals surface area contributed by atoms with Crippen molar-refractivity contribution >= 4 is 24.4 Å². The first-order chi connectivity index (χ1) is 14.0. The highest BCUT2D eigenvalue weighted by Crippen LogP contribution is 2.35. The van der Waals surface area contributed by atoms with Gasteiger partial charge in [0.05, 0.1) is 12.4 Å². The number of amidine groups is 1. The van der Waals surface area contributed by atoms with E-state index in [1.54, 1.807) is 0 Å². The molecule has 1 amide bonds. The second kappa shape index (κ2) is 12.7. The normalized spacial score (nSPS) is 19.8.